The SMILES string of the molecule is CC[C@]1(c2ccccc2)NC(=O)N(NC(=O)CSc2nnnn2Cc2ccccc2)C1=O. The summed E-state index contributed by atoms with van der Waals surface area (Å²) in [4.78, 5) is 38.1. The molecule has 4 amide bonds. The number of urea groups is 1. The molecule has 1 aliphatic heterocycles. The van der Waals surface area contributed by atoms with Crippen LogP contribution in [0.25, 0.3) is 0 Å². The number of carbonyl (C=O) groups is 3. The molecule has 1 saturated heterocycles. The van der Waals surface area contributed by atoms with Crippen molar-refractivity contribution in [2.75, 3.05) is 5.75 Å². The number of thioether (sulfide) groups is 1. The van der Waals surface area contributed by atoms with Crippen molar-refractivity contribution in [3.63, 3.8) is 0 Å². The van der Waals surface area contributed by atoms with E-state index in [0.717, 1.165) is 22.3 Å². The third-order valence-electron chi connectivity index (χ3n) is 5.13. The van der Waals surface area contributed by atoms with Crippen LogP contribution in [0.2, 0.25) is 0 Å². The van der Waals surface area contributed by atoms with E-state index < -0.39 is 23.4 Å². The molecular weight excluding hydrogens is 430 g/mol. The summed E-state index contributed by atoms with van der Waals surface area (Å²) in [7, 11) is 0. The van der Waals surface area contributed by atoms with Gasteiger partial charge in [0.05, 0.1) is 12.3 Å². The Hall–Kier alpha value is -3.73. The van der Waals surface area contributed by atoms with Gasteiger partial charge in [-0.05, 0) is 28.0 Å². The zero-order valence-corrected chi connectivity index (χ0v) is 18.1. The fourth-order valence-electron chi connectivity index (χ4n) is 3.48. The number of nitrogens with one attached hydrogen (secondary N) is 2. The van der Waals surface area contributed by atoms with Gasteiger partial charge in [0.15, 0.2) is 0 Å². The third-order valence-corrected chi connectivity index (χ3v) is 6.09. The summed E-state index contributed by atoms with van der Waals surface area (Å²) in [5, 5.41) is 15.5. The Morgan fingerprint density at radius 2 is 1.78 bits per heavy atom. The molecule has 11 heteroatoms. The van der Waals surface area contributed by atoms with Crippen molar-refractivity contribution in [3.8, 4) is 0 Å². The largest absolute Gasteiger partial charge is 0.344 e. The first-order valence-electron chi connectivity index (χ1n) is 9.98. The molecule has 10 nitrogen and oxygen atoms in total. The molecule has 0 unspecified atom stereocenters. The van der Waals surface area contributed by atoms with Gasteiger partial charge in [-0.1, -0.05) is 79.3 Å². The van der Waals surface area contributed by atoms with E-state index in [4.69, 9.17) is 0 Å². The monoisotopic (exact) mass is 451 g/mol. The number of aromatic nitrogens is 4. The summed E-state index contributed by atoms with van der Waals surface area (Å²) in [5.41, 5.74) is 2.87. The van der Waals surface area contributed by atoms with Crippen LogP contribution in [-0.2, 0) is 21.7 Å². The van der Waals surface area contributed by atoms with E-state index in [1.807, 2.05) is 36.4 Å². The molecule has 164 valence electrons. The fourth-order valence-corrected chi connectivity index (χ4v) is 4.15. The normalized spacial score (nSPS) is 18.0. The van der Waals surface area contributed by atoms with Gasteiger partial charge in [0.1, 0.15) is 5.54 Å². The minimum absolute atomic E-state index is 0.0727. The topological polar surface area (TPSA) is 122 Å². The van der Waals surface area contributed by atoms with Crippen LogP contribution in [0.15, 0.2) is 65.8 Å². The van der Waals surface area contributed by atoms with E-state index in [0.29, 0.717) is 23.7 Å². The van der Waals surface area contributed by atoms with Gasteiger partial charge in [-0.2, -0.15) is 5.01 Å². The van der Waals surface area contributed by atoms with Crippen molar-refractivity contribution >= 4 is 29.6 Å². The van der Waals surface area contributed by atoms with Gasteiger partial charge in [0.25, 0.3) is 5.91 Å². The lowest BCUT2D eigenvalue weighted by Gasteiger charge is -2.25. The number of rotatable bonds is 8. The molecule has 0 spiro atoms. The van der Waals surface area contributed by atoms with Crippen LogP contribution >= 0.6 is 11.8 Å². The number of hydrogen-bond donors (Lipinski definition) is 2. The van der Waals surface area contributed by atoms with E-state index in [9.17, 15) is 14.4 Å². The number of hydrazine groups is 1. The van der Waals surface area contributed by atoms with Crippen LogP contribution in [0.5, 0.6) is 0 Å². The lowest BCUT2D eigenvalue weighted by Crippen LogP contribution is -2.49. The van der Waals surface area contributed by atoms with Crippen molar-refractivity contribution in [3.05, 3.63) is 71.8 Å². The zero-order valence-electron chi connectivity index (χ0n) is 17.3. The average Bonchev–Trinajstić information content (AvgIpc) is 3.36. The van der Waals surface area contributed by atoms with Gasteiger partial charge < -0.3 is 5.32 Å². The molecule has 0 aliphatic carbocycles. The van der Waals surface area contributed by atoms with E-state index in [2.05, 4.69) is 26.3 Å². The van der Waals surface area contributed by atoms with Gasteiger partial charge in [0.2, 0.25) is 11.1 Å². The highest BCUT2D eigenvalue weighted by molar-refractivity contribution is 7.99. The summed E-state index contributed by atoms with van der Waals surface area (Å²) in [6.07, 6.45) is 0.344. The molecule has 1 aliphatic rings. The maximum absolute atomic E-state index is 13.1. The molecule has 2 aromatic carbocycles. The van der Waals surface area contributed by atoms with Crippen LogP contribution < -0.4 is 10.7 Å². The van der Waals surface area contributed by atoms with Crippen LogP contribution in [0.3, 0.4) is 0 Å². The first-order valence-corrected chi connectivity index (χ1v) is 11.0. The molecule has 1 atom stereocenters. The molecule has 1 aromatic heterocycles. The van der Waals surface area contributed by atoms with Crippen molar-refractivity contribution in [2.45, 2.75) is 30.6 Å². The van der Waals surface area contributed by atoms with Crippen molar-refractivity contribution in [2.24, 2.45) is 0 Å². The highest BCUT2D eigenvalue weighted by Crippen LogP contribution is 2.31. The van der Waals surface area contributed by atoms with Crippen molar-refractivity contribution in [1.82, 2.24) is 36.0 Å². The lowest BCUT2D eigenvalue weighted by molar-refractivity contribution is -0.138. The maximum Gasteiger partial charge on any atom is 0.344 e. The van der Waals surface area contributed by atoms with E-state index >= 15 is 0 Å². The molecule has 3 aromatic rings. The Kier molecular flexibility index (Phi) is 6.17. The van der Waals surface area contributed by atoms with E-state index in [-0.39, 0.29) is 5.75 Å². The summed E-state index contributed by atoms with van der Waals surface area (Å²) in [6.45, 7) is 2.26. The Morgan fingerprint density at radius 3 is 2.47 bits per heavy atom. The Morgan fingerprint density at radius 1 is 1.09 bits per heavy atom. The van der Waals surface area contributed by atoms with Gasteiger partial charge in [-0.25, -0.2) is 9.48 Å². The highest BCUT2D eigenvalue weighted by Gasteiger charge is 2.52. The molecule has 0 saturated carbocycles. The molecule has 0 radical (unpaired) electrons. The molecule has 1 fully saturated rings. The van der Waals surface area contributed by atoms with Gasteiger partial charge in [0, 0.05) is 0 Å². The second-order valence-electron chi connectivity index (χ2n) is 7.12. The summed E-state index contributed by atoms with van der Waals surface area (Å²) in [5.74, 6) is -1.12. The number of tetrazole rings is 1. The quantitative estimate of drug-likeness (QED) is 0.395. The Labute approximate surface area is 188 Å². The predicted octanol–water partition coefficient (Wildman–Crippen LogP) is 1.70. The first-order chi connectivity index (χ1) is 15.5. The van der Waals surface area contributed by atoms with Crippen molar-refractivity contribution in [1.29, 1.82) is 0 Å². The standard InChI is InChI=1S/C21H21N7O3S/c1-2-21(16-11-7-4-8-12-16)18(30)28(19(31)22-21)24-17(29)14-32-20-23-25-26-27(20)13-15-9-5-3-6-10-15/h3-12H,2,13-14H2,1H3,(H,22,31)(H,24,29)/t21-/m1/s1. The van der Waals surface area contributed by atoms with Gasteiger partial charge in [-0.3, -0.25) is 15.0 Å². The fraction of sp³-hybridized carbons (Fsp3) is 0.238. The number of nitrogens with zero attached hydrogens (tertiary/aromatic N) is 5. The molecule has 2 heterocycles. The van der Waals surface area contributed by atoms with Crippen LogP contribution in [0.4, 0.5) is 4.79 Å². The minimum Gasteiger partial charge on any atom is -0.318 e. The Bertz CT molecular complexity index is 1120. The molecular formula is C21H21N7O3S. The van der Waals surface area contributed by atoms with E-state index in [1.54, 1.807) is 35.9 Å². The zero-order chi connectivity index (χ0) is 22.6. The average molecular weight is 452 g/mol. The minimum atomic E-state index is -1.21. The smallest absolute Gasteiger partial charge is 0.318 e. The summed E-state index contributed by atoms with van der Waals surface area (Å²) in [6, 6.07) is 18.0. The molecule has 4 rings (SSSR count). The molecule has 32 heavy (non-hydrogen) atoms. The molecule has 0 bridgehead atoms. The van der Waals surface area contributed by atoms with Crippen LogP contribution in [0.1, 0.15) is 24.5 Å². The summed E-state index contributed by atoms with van der Waals surface area (Å²) >= 11 is 1.11. The Balaban J connectivity index is 1.39. The molecule has 2 N–H and O–H groups in total. The summed E-state index contributed by atoms with van der Waals surface area (Å²) < 4.78 is 1.58. The number of amides is 4. The number of imide groups is 1. The lowest BCUT2D eigenvalue weighted by atomic mass is 9.87. The number of benzene rings is 2. The second kappa shape index (κ2) is 9.18. The van der Waals surface area contributed by atoms with Crippen molar-refractivity contribution < 1.29 is 14.4 Å². The van der Waals surface area contributed by atoms with Gasteiger partial charge in [-0.15, -0.1) is 5.10 Å². The van der Waals surface area contributed by atoms with Crippen LogP contribution in [0, 0.1) is 0 Å². The van der Waals surface area contributed by atoms with Gasteiger partial charge >= 0.3 is 6.03 Å². The number of carbonyl (C=O) groups excluding carboxylic acids is 3. The highest BCUT2D eigenvalue weighted by atomic mass is 32.2. The maximum atomic E-state index is 13.1. The third kappa shape index (κ3) is 4.19. The van der Waals surface area contributed by atoms with Crippen LogP contribution in [-0.4, -0.2) is 48.8 Å². The predicted molar refractivity (Wildman–Crippen MR) is 116 cm³/mol. The first kappa shape index (κ1) is 21.5. The second-order valence-corrected chi connectivity index (χ2v) is 8.07. The van der Waals surface area contributed by atoms with E-state index in [1.165, 1.54) is 0 Å². The number of hydrogen-bond acceptors (Lipinski definition) is 7.